The van der Waals surface area contributed by atoms with E-state index in [1.165, 1.54) is 4.88 Å². The molecule has 0 aliphatic rings. The SMILES string of the molecule is NCc1ccc(OCCc2cccs2)cc1. The van der Waals surface area contributed by atoms with E-state index < -0.39 is 0 Å². The second-order valence-corrected chi connectivity index (χ2v) is 4.56. The Hall–Kier alpha value is -1.32. The van der Waals surface area contributed by atoms with Gasteiger partial charge >= 0.3 is 0 Å². The van der Waals surface area contributed by atoms with Crippen LogP contribution >= 0.6 is 11.3 Å². The van der Waals surface area contributed by atoms with Gasteiger partial charge in [0.1, 0.15) is 5.75 Å². The molecule has 1 heterocycles. The molecular formula is C13H15NOS. The molecule has 0 saturated carbocycles. The molecule has 2 aromatic rings. The third kappa shape index (κ3) is 3.08. The molecule has 2 rings (SSSR count). The number of ether oxygens (including phenoxy) is 1. The summed E-state index contributed by atoms with van der Waals surface area (Å²) in [6.45, 7) is 1.30. The Bertz CT molecular complexity index is 408. The van der Waals surface area contributed by atoms with Gasteiger partial charge in [0.25, 0.3) is 0 Å². The van der Waals surface area contributed by atoms with Gasteiger partial charge in [-0.25, -0.2) is 0 Å². The Balaban J connectivity index is 1.81. The molecular weight excluding hydrogens is 218 g/mol. The highest BCUT2D eigenvalue weighted by Gasteiger charge is 1.96. The van der Waals surface area contributed by atoms with E-state index >= 15 is 0 Å². The maximum absolute atomic E-state index is 5.64. The van der Waals surface area contributed by atoms with Crippen molar-refractivity contribution in [3.63, 3.8) is 0 Å². The van der Waals surface area contributed by atoms with Crippen LogP contribution in [0.4, 0.5) is 0 Å². The minimum atomic E-state index is 0.579. The zero-order valence-electron chi connectivity index (χ0n) is 9.06. The first-order valence-corrected chi connectivity index (χ1v) is 6.20. The summed E-state index contributed by atoms with van der Waals surface area (Å²) in [4.78, 5) is 1.36. The highest BCUT2D eigenvalue weighted by molar-refractivity contribution is 7.09. The van der Waals surface area contributed by atoms with Crippen molar-refractivity contribution >= 4 is 11.3 Å². The number of hydrogen-bond acceptors (Lipinski definition) is 3. The molecule has 1 aromatic heterocycles. The van der Waals surface area contributed by atoms with Gasteiger partial charge in [0.15, 0.2) is 0 Å². The maximum atomic E-state index is 5.64. The number of thiophene rings is 1. The van der Waals surface area contributed by atoms with Crippen LogP contribution in [0.1, 0.15) is 10.4 Å². The Morgan fingerprint density at radius 3 is 2.56 bits per heavy atom. The zero-order valence-corrected chi connectivity index (χ0v) is 9.87. The molecule has 16 heavy (non-hydrogen) atoms. The first kappa shape index (κ1) is 11.2. The van der Waals surface area contributed by atoms with Crippen molar-refractivity contribution in [2.24, 2.45) is 5.73 Å². The lowest BCUT2D eigenvalue weighted by molar-refractivity contribution is 0.323. The zero-order chi connectivity index (χ0) is 11.2. The largest absolute Gasteiger partial charge is 0.493 e. The van der Waals surface area contributed by atoms with Gasteiger partial charge < -0.3 is 10.5 Å². The fourth-order valence-electron chi connectivity index (χ4n) is 1.45. The lowest BCUT2D eigenvalue weighted by Gasteiger charge is -2.05. The van der Waals surface area contributed by atoms with Gasteiger partial charge in [-0.3, -0.25) is 0 Å². The average Bonchev–Trinajstić information content (AvgIpc) is 2.83. The number of benzene rings is 1. The molecule has 0 amide bonds. The van der Waals surface area contributed by atoms with Crippen molar-refractivity contribution in [1.29, 1.82) is 0 Å². The summed E-state index contributed by atoms with van der Waals surface area (Å²) in [7, 11) is 0. The van der Waals surface area contributed by atoms with Crippen molar-refractivity contribution in [2.45, 2.75) is 13.0 Å². The van der Waals surface area contributed by atoms with Crippen LogP contribution in [-0.2, 0) is 13.0 Å². The third-order valence-electron chi connectivity index (χ3n) is 2.36. The molecule has 1 aromatic carbocycles. The van der Waals surface area contributed by atoms with Crippen LogP contribution in [0.5, 0.6) is 5.75 Å². The molecule has 0 aliphatic carbocycles. The van der Waals surface area contributed by atoms with Crippen molar-refractivity contribution in [1.82, 2.24) is 0 Å². The first-order chi connectivity index (χ1) is 7.88. The molecule has 0 atom stereocenters. The molecule has 0 unspecified atom stereocenters. The summed E-state index contributed by atoms with van der Waals surface area (Å²) in [5, 5.41) is 2.09. The van der Waals surface area contributed by atoms with E-state index in [0.717, 1.165) is 24.3 Å². The number of rotatable bonds is 5. The Morgan fingerprint density at radius 2 is 1.94 bits per heavy atom. The van der Waals surface area contributed by atoms with Crippen molar-refractivity contribution < 1.29 is 4.74 Å². The van der Waals surface area contributed by atoms with Gasteiger partial charge in [0, 0.05) is 17.8 Å². The fourth-order valence-corrected chi connectivity index (χ4v) is 2.14. The summed E-state index contributed by atoms with van der Waals surface area (Å²) < 4.78 is 5.64. The van der Waals surface area contributed by atoms with Gasteiger partial charge in [-0.15, -0.1) is 11.3 Å². The van der Waals surface area contributed by atoms with Crippen molar-refractivity contribution in [3.8, 4) is 5.75 Å². The topological polar surface area (TPSA) is 35.2 Å². The molecule has 84 valence electrons. The lowest BCUT2D eigenvalue weighted by atomic mass is 10.2. The summed E-state index contributed by atoms with van der Waals surface area (Å²) in [6.07, 6.45) is 0.969. The monoisotopic (exact) mass is 233 g/mol. The number of hydrogen-bond donors (Lipinski definition) is 1. The molecule has 0 aliphatic heterocycles. The van der Waals surface area contributed by atoms with Crippen LogP contribution in [0, 0.1) is 0 Å². The molecule has 0 bridgehead atoms. The van der Waals surface area contributed by atoms with Crippen LogP contribution in [-0.4, -0.2) is 6.61 Å². The Kier molecular flexibility index (Phi) is 3.97. The van der Waals surface area contributed by atoms with E-state index in [2.05, 4.69) is 17.5 Å². The second kappa shape index (κ2) is 5.68. The lowest BCUT2D eigenvalue weighted by Crippen LogP contribution is -2.00. The molecule has 0 spiro atoms. The van der Waals surface area contributed by atoms with E-state index in [4.69, 9.17) is 10.5 Å². The molecule has 0 radical (unpaired) electrons. The normalized spacial score (nSPS) is 10.3. The smallest absolute Gasteiger partial charge is 0.119 e. The molecule has 0 saturated heterocycles. The molecule has 3 heteroatoms. The van der Waals surface area contributed by atoms with Crippen molar-refractivity contribution in [2.75, 3.05) is 6.61 Å². The van der Waals surface area contributed by atoms with Gasteiger partial charge in [-0.1, -0.05) is 18.2 Å². The highest BCUT2D eigenvalue weighted by atomic mass is 32.1. The van der Waals surface area contributed by atoms with E-state index in [-0.39, 0.29) is 0 Å². The van der Waals surface area contributed by atoms with Crippen LogP contribution in [0.25, 0.3) is 0 Å². The minimum absolute atomic E-state index is 0.579. The van der Waals surface area contributed by atoms with Gasteiger partial charge in [0.05, 0.1) is 6.61 Å². The number of nitrogens with two attached hydrogens (primary N) is 1. The first-order valence-electron chi connectivity index (χ1n) is 5.32. The summed E-state index contributed by atoms with van der Waals surface area (Å²) in [6, 6.07) is 12.1. The predicted octanol–water partition coefficient (Wildman–Crippen LogP) is 2.83. The van der Waals surface area contributed by atoms with Crippen LogP contribution in [0.15, 0.2) is 41.8 Å². The summed E-state index contributed by atoms with van der Waals surface area (Å²) >= 11 is 1.77. The second-order valence-electron chi connectivity index (χ2n) is 3.53. The molecule has 2 nitrogen and oxygen atoms in total. The summed E-state index contributed by atoms with van der Waals surface area (Å²) in [5.41, 5.74) is 6.65. The van der Waals surface area contributed by atoms with Crippen molar-refractivity contribution in [3.05, 3.63) is 52.2 Å². The minimum Gasteiger partial charge on any atom is -0.493 e. The van der Waals surface area contributed by atoms with E-state index in [1.807, 2.05) is 24.3 Å². The van der Waals surface area contributed by atoms with Crippen LogP contribution < -0.4 is 10.5 Å². The van der Waals surface area contributed by atoms with Gasteiger partial charge in [-0.05, 0) is 29.1 Å². The van der Waals surface area contributed by atoms with E-state index in [1.54, 1.807) is 11.3 Å². The Morgan fingerprint density at radius 1 is 1.12 bits per heavy atom. The average molecular weight is 233 g/mol. The van der Waals surface area contributed by atoms with Gasteiger partial charge in [0.2, 0.25) is 0 Å². The predicted molar refractivity (Wildman–Crippen MR) is 67.9 cm³/mol. The quantitative estimate of drug-likeness (QED) is 0.862. The molecule has 2 N–H and O–H groups in total. The standard InChI is InChI=1S/C13H15NOS/c14-10-11-3-5-12(6-4-11)15-8-7-13-2-1-9-16-13/h1-6,9H,7-8,10,14H2. The van der Waals surface area contributed by atoms with Crippen LogP contribution in [0.3, 0.4) is 0 Å². The highest BCUT2D eigenvalue weighted by Crippen LogP contribution is 2.13. The summed E-state index contributed by atoms with van der Waals surface area (Å²) in [5.74, 6) is 0.911. The third-order valence-corrected chi connectivity index (χ3v) is 3.29. The van der Waals surface area contributed by atoms with E-state index in [0.29, 0.717) is 6.54 Å². The van der Waals surface area contributed by atoms with Crippen LogP contribution in [0.2, 0.25) is 0 Å². The van der Waals surface area contributed by atoms with Gasteiger partial charge in [-0.2, -0.15) is 0 Å². The molecule has 0 fully saturated rings. The fraction of sp³-hybridized carbons (Fsp3) is 0.231. The van der Waals surface area contributed by atoms with E-state index in [9.17, 15) is 0 Å². The maximum Gasteiger partial charge on any atom is 0.119 e. The Labute approximate surface area is 99.7 Å².